The Labute approximate surface area is 235 Å². The number of hydrogen-bond acceptors (Lipinski definition) is 6. The van der Waals surface area contributed by atoms with Crippen LogP contribution in [0.15, 0.2) is 65.6 Å². The minimum absolute atomic E-state index is 0.00924. The number of benzene rings is 3. The number of halogens is 2. The number of carboxylic acid groups (broad SMARTS) is 1. The molecule has 0 aliphatic rings. The minimum Gasteiger partial charge on any atom is -0.496 e. The van der Waals surface area contributed by atoms with Gasteiger partial charge in [-0.15, -0.1) is 0 Å². The van der Waals surface area contributed by atoms with Crippen LogP contribution in [-0.4, -0.2) is 49.7 Å². The summed E-state index contributed by atoms with van der Waals surface area (Å²) < 4.78 is 41.5. The highest BCUT2D eigenvalue weighted by Gasteiger charge is 2.25. The third-order valence-corrected chi connectivity index (χ3v) is 8.55. The van der Waals surface area contributed by atoms with Crippen molar-refractivity contribution in [3.63, 3.8) is 0 Å². The third kappa shape index (κ3) is 7.63. The number of carbonyl (C=O) groups excluding carboxylic acids is 1. The second kappa shape index (κ2) is 12.2. The standard InChI is InChI=1S/C26H22Cl2NO8PS/c1-37-22-8-3-4-9-23(22)38(33,34)11-10-17-13-19(27)24(20(28)14-17)25(30)29-21(26(31)32)15-16-6-5-7-18(12-16)39(2,35)36/h3-9,12-14,21H,15H2,1-2H3,(H,29,30)(H,31,32)(H,33,34)/t21-/m0/s1. The summed E-state index contributed by atoms with van der Waals surface area (Å²) in [5.74, 6) is 0.467. The molecule has 39 heavy (non-hydrogen) atoms. The smallest absolute Gasteiger partial charge is 0.326 e. The molecule has 3 N–H and O–H groups in total. The van der Waals surface area contributed by atoms with Gasteiger partial charge in [-0.3, -0.25) is 9.36 Å². The Hall–Kier alpha value is -3.32. The Balaban J connectivity index is 1.85. The lowest BCUT2D eigenvalue weighted by Crippen LogP contribution is -2.42. The SMILES string of the molecule is COc1ccccc1P(=O)(O)C#Cc1cc(Cl)c(C(=O)N[C@@H](Cc2cccc(S(C)(=O)=O)c2)C(=O)O)c(Cl)c1. The number of hydrogen-bond donors (Lipinski definition) is 3. The van der Waals surface area contributed by atoms with E-state index in [9.17, 15) is 32.6 Å². The Morgan fingerprint density at radius 1 is 1.08 bits per heavy atom. The molecule has 3 aromatic carbocycles. The van der Waals surface area contributed by atoms with Crippen molar-refractivity contribution >= 4 is 57.6 Å². The molecule has 0 heterocycles. The van der Waals surface area contributed by atoms with Crippen molar-refractivity contribution in [3.05, 3.63) is 87.4 Å². The summed E-state index contributed by atoms with van der Waals surface area (Å²) in [6, 6.07) is 12.9. The summed E-state index contributed by atoms with van der Waals surface area (Å²) in [5.41, 5.74) is 2.59. The van der Waals surface area contributed by atoms with Gasteiger partial charge in [-0.1, -0.05) is 53.4 Å². The van der Waals surface area contributed by atoms with E-state index in [1.807, 2.05) is 0 Å². The van der Waals surface area contributed by atoms with E-state index < -0.39 is 35.1 Å². The maximum atomic E-state index is 12.9. The first-order valence-corrected chi connectivity index (χ1v) is 15.3. The van der Waals surface area contributed by atoms with E-state index in [2.05, 4.69) is 16.9 Å². The van der Waals surface area contributed by atoms with Crippen LogP contribution >= 0.6 is 30.6 Å². The molecule has 3 rings (SSSR count). The first-order chi connectivity index (χ1) is 18.2. The van der Waals surface area contributed by atoms with Gasteiger partial charge in [0.2, 0.25) is 0 Å². The van der Waals surface area contributed by atoms with Gasteiger partial charge in [-0.05, 0) is 47.6 Å². The fourth-order valence-corrected chi connectivity index (χ4v) is 6.02. The molecule has 0 aliphatic heterocycles. The van der Waals surface area contributed by atoms with Gasteiger partial charge in [-0.25, -0.2) is 13.2 Å². The molecule has 0 aromatic heterocycles. The monoisotopic (exact) mass is 609 g/mol. The number of amides is 1. The van der Waals surface area contributed by atoms with Crippen LogP contribution in [0.5, 0.6) is 5.75 Å². The van der Waals surface area contributed by atoms with Gasteiger partial charge in [0.15, 0.2) is 9.84 Å². The number of sulfone groups is 1. The average Bonchev–Trinajstić information content (AvgIpc) is 2.86. The molecule has 1 unspecified atom stereocenters. The third-order valence-electron chi connectivity index (χ3n) is 5.40. The first-order valence-electron chi connectivity index (χ1n) is 11.0. The average molecular weight is 610 g/mol. The lowest BCUT2D eigenvalue weighted by atomic mass is 10.0. The zero-order valence-electron chi connectivity index (χ0n) is 20.5. The van der Waals surface area contributed by atoms with Crippen LogP contribution in [0.1, 0.15) is 21.5 Å². The summed E-state index contributed by atoms with van der Waals surface area (Å²) in [4.78, 5) is 35.2. The Morgan fingerprint density at radius 2 is 1.72 bits per heavy atom. The summed E-state index contributed by atoms with van der Waals surface area (Å²) in [6.07, 6.45) is 0.816. The molecule has 204 valence electrons. The number of carbonyl (C=O) groups is 2. The fraction of sp³-hybridized carbons (Fsp3) is 0.154. The van der Waals surface area contributed by atoms with Crippen LogP contribution < -0.4 is 15.4 Å². The maximum Gasteiger partial charge on any atom is 0.326 e. The van der Waals surface area contributed by atoms with Crippen molar-refractivity contribution in [2.75, 3.05) is 13.4 Å². The normalized spacial score (nSPS) is 13.4. The topological polar surface area (TPSA) is 147 Å². The lowest BCUT2D eigenvalue weighted by Gasteiger charge is -2.16. The Morgan fingerprint density at radius 3 is 2.31 bits per heavy atom. The molecular weight excluding hydrogens is 588 g/mol. The number of rotatable bonds is 8. The van der Waals surface area contributed by atoms with Gasteiger partial charge in [0.1, 0.15) is 11.8 Å². The molecule has 1 amide bonds. The molecule has 0 saturated heterocycles. The molecular formula is C26H22Cl2NO8PS. The molecule has 0 radical (unpaired) electrons. The number of nitrogens with one attached hydrogen (secondary N) is 1. The van der Waals surface area contributed by atoms with Crippen molar-refractivity contribution in [3.8, 4) is 17.3 Å². The molecule has 2 atom stereocenters. The van der Waals surface area contributed by atoms with Crippen LogP contribution in [0.4, 0.5) is 0 Å². The number of para-hydroxylation sites is 1. The number of aliphatic carboxylic acids is 1. The van der Waals surface area contributed by atoms with Gasteiger partial charge in [0.05, 0.1) is 32.9 Å². The van der Waals surface area contributed by atoms with Crippen molar-refractivity contribution in [1.82, 2.24) is 5.32 Å². The van der Waals surface area contributed by atoms with Crippen LogP contribution in [-0.2, 0) is 25.6 Å². The highest BCUT2D eigenvalue weighted by Crippen LogP contribution is 2.41. The predicted octanol–water partition coefficient (Wildman–Crippen LogP) is 3.74. The molecule has 0 saturated carbocycles. The van der Waals surface area contributed by atoms with E-state index >= 15 is 0 Å². The fourth-order valence-electron chi connectivity index (χ4n) is 3.51. The molecule has 3 aromatic rings. The second-order valence-electron chi connectivity index (χ2n) is 8.29. The van der Waals surface area contributed by atoms with Crippen molar-refractivity contribution < 1.29 is 37.3 Å². The zero-order valence-corrected chi connectivity index (χ0v) is 23.7. The largest absolute Gasteiger partial charge is 0.496 e. The predicted molar refractivity (Wildman–Crippen MR) is 148 cm³/mol. The molecule has 9 nitrogen and oxygen atoms in total. The minimum atomic E-state index is -4.16. The van der Waals surface area contributed by atoms with Crippen molar-refractivity contribution in [1.29, 1.82) is 0 Å². The number of carboxylic acids is 1. The highest BCUT2D eigenvalue weighted by atomic mass is 35.5. The van der Waals surface area contributed by atoms with Crippen LogP contribution in [0.2, 0.25) is 10.0 Å². The van der Waals surface area contributed by atoms with E-state index in [1.54, 1.807) is 12.1 Å². The molecule has 0 aliphatic carbocycles. The Bertz CT molecular complexity index is 1640. The van der Waals surface area contributed by atoms with Crippen LogP contribution in [0.3, 0.4) is 0 Å². The van der Waals surface area contributed by atoms with Gasteiger partial charge < -0.3 is 20.1 Å². The molecule has 13 heteroatoms. The van der Waals surface area contributed by atoms with Gasteiger partial charge in [0, 0.05) is 18.2 Å². The number of ether oxygens (including phenoxy) is 1. The van der Waals surface area contributed by atoms with Gasteiger partial charge in [-0.2, -0.15) is 0 Å². The van der Waals surface area contributed by atoms with Crippen LogP contribution in [0, 0.1) is 11.6 Å². The second-order valence-corrected chi connectivity index (χ2v) is 13.0. The first kappa shape index (κ1) is 30.2. The van der Waals surface area contributed by atoms with E-state index in [-0.39, 0.29) is 43.5 Å². The summed E-state index contributed by atoms with van der Waals surface area (Å²) in [7, 11) is -6.32. The van der Waals surface area contributed by atoms with E-state index in [0.29, 0.717) is 5.56 Å². The maximum absolute atomic E-state index is 12.9. The quantitative estimate of drug-likeness (QED) is 0.258. The van der Waals surface area contributed by atoms with E-state index in [0.717, 1.165) is 6.26 Å². The highest BCUT2D eigenvalue weighted by molar-refractivity contribution is 7.90. The molecule has 0 fully saturated rings. The Kier molecular flexibility index (Phi) is 9.49. The van der Waals surface area contributed by atoms with Crippen molar-refractivity contribution in [2.24, 2.45) is 0 Å². The summed E-state index contributed by atoms with van der Waals surface area (Å²) in [5, 5.41) is 11.7. The zero-order chi connectivity index (χ0) is 29.0. The number of methoxy groups -OCH3 is 1. The molecule has 0 spiro atoms. The summed E-state index contributed by atoms with van der Waals surface area (Å²) >= 11 is 12.5. The van der Waals surface area contributed by atoms with Crippen molar-refractivity contribution in [2.45, 2.75) is 17.4 Å². The van der Waals surface area contributed by atoms with E-state index in [1.165, 1.54) is 55.6 Å². The van der Waals surface area contributed by atoms with Gasteiger partial charge in [0.25, 0.3) is 5.91 Å². The van der Waals surface area contributed by atoms with E-state index in [4.69, 9.17) is 27.9 Å². The molecule has 0 bridgehead atoms. The van der Waals surface area contributed by atoms with Crippen LogP contribution in [0.25, 0.3) is 0 Å². The van der Waals surface area contributed by atoms with Gasteiger partial charge >= 0.3 is 13.3 Å². The lowest BCUT2D eigenvalue weighted by molar-refractivity contribution is -0.139. The summed E-state index contributed by atoms with van der Waals surface area (Å²) in [6.45, 7) is 0.